The molecule has 26 heavy (non-hydrogen) atoms. The number of morpholine rings is 1. The van der Waals surface area contributed by atoms with Crippen molar-refractivity contribution in [2.75, 3.05) is 32.8 Å². The SMILES string of the molecule is O[C@@H](CN1CCOCC1)Cn1c(-c2cccc(Cl)c2)nc2ccccc21. The number of benzene rings is 2. The topological polar surface area (TPSA) is 50.5 Å². The van der Waals surface area contributed by atoms with Crippen molar-refractivity contribution in [3.8, 4) is 11.4 Å². The molecule has 0 aliphatic carbocycles. The highest BCUT2D eigenvalue weighted by Crippen LogP contribution is 2.27. The molecule has 0 saturated carbocycles. The van der Waals surface area contributed by atoms with Crippen LogP contribution in [0.1, 0.15) is 0 Å². The minimum atomic E-state index is -0.483. The Bertz CT molecular complexity index is 890. The van der Waals surface area contributed by atoms with Crippen LogP contribution in [0.5, 0.6) is 0 Å². The fourth-order valence-electron chi connectivity index (χ4n) is 3.46. The number of hydrogen-bond acceptors (Lipinski definition) is 4. The Morgan fingerprint density at radius 3 is 2.69 bits per heavy atom. The molecule has 1 aliphatic rings. The van der Waals surface area contributed by atoms with Crippen LogP contribution >= 0.6 is 11.6 Å². The van der Waals surface area contributed by atoms with Crippen LogP contribution in [-0.4, -0.2) is 58.5 Å². The first-order valence-corrected chi connectivity index (χ1v) is 9.28. The van der Waals surface area contributed by atoms with Gasteiger partial charge in [-0.15, -0.1) is 0 Å². The summed E-state index contributed by atoms with van der Waals surface area (Å²) >= 11 is 6.18. The normalized spacial score (nSPS) is 16.8. The Kier molecular flexibility index (Phi) is 5.22. The van der Waals surface area contributed by atoms with Crippen molar-refractivity contribution in [1.29, 1.82) is 0 Å². The largest absolute Gasteiger partial charge is 0.390 e. The Morgan fingerprint density at radius 2 is 1.88 bits per heavy atom. The van der Waals surface area contributed by atoms with E-state index < -0.39 is 6.10 Å². The lowest BCUT2D eigenvalue weighted by Crippen LogP contribution is -2.42. The van der Waals surface area contributed by atoms with Crippen molar-refractivity contribution in [1.82, 2.24) is 14.5 Å². The molecule has 3 aromatic rings. The number of ether oxygens (including phenoxy) is 1. The van der Waals surface area contributed by atoms with Gasteiger partial charge in [-0.3, -0.25) is 4.90 Å². The fourth-order valence-corrected chi connectivity index (χ4v) is 3.65. The summed E-state index contributed by atoms with van der Waals surface area (Å²) in [6.45, 7) is 4.30. The summed E-state index contributed by atoms with van der Waals surface area (Å²) in [7, 11) is 0. The Labute approximate surface area is 157 Å². The summed E-state index contributed by atoms with van der Waals surface area (Å²) in [5.41, 5.74) is 2.89. The number of imidazole rings is 1. The molecule has 0 radical (unpaired) electrons. The molecule has 0 spiro atoms. The van der Waals surface area contributed by atoms with Gasteiger partial charge in [0.15, 0.2) is 0 Å². The van der Waals surface area contributed by atoms with Crippen LogP contribution in [0.25, 0.3) is 22.4 Å². The molecule has 1 atom stereocenters. The van der Waals surface area contributed by atoms with Gasteiger partial charge in [0.05, 0.1) is 36.9 Å². The average molecular weight is 372 g/mol. The highest BCUT2D eigenvalue weighted by atomic mass is 35.5. The number of halogens is 1. The maximum absolute atomic E-state index is 10.7. The average Bonchev–Trinajstić information content (AvgIpc) is 3.01. The molecular formula is C20H22ClN3O2. The highest BCUT2D eigenvalue weighted by Gasteiger charge is 2.19. The standard InChI is InChI=1S/C20H22ClN3O2/c21-16-5-3-4-15(12-16)20-22-18-6-1-2-7-19(18)24(20)14-17(25)13-23-8-10-26-11-9-23/h1-7,12,17,25H,8-11,13-14H2/t17-/m0/s1. The third kappa shape index (κ3) is 3.76. The second-order valence-electron chi connectivity index (χ2n) is 6.61. The number of fused-ring (bicyclic) bond motifs is 1. The van der Waals surface area contributed by atoms with E-state index in [1.165, 1.54) is 0 Å². The number of aromatic nitrogens is 2. The van der Waals surface area contributed by atoms with E-state index in [1.54, 1.807) is 0 Å². The van der Waals surface area contributed by atoms with Crippen molar-refractivity contribution in [3.63, 3.8) is 0 Å². The number of aliphatic hydroxyl groups is 1. The Morgan fingerprint density at radius 1 is 1.08 bits per heavy atom. The number of rotatable bonds is 5. The molecule has 1 aromatic heterocycles. The summed E-state index contributed by atoms with van der Waals surface area (Å²) < 4.78 is 7.47. The number of aliphatic hydroxyl groups excluding tert-OH is 1. The van der Waals surface area contributed by atoms with Crippen molar-refractivity contribution < 1.29 is 9.84 Å². The van der Waals surface area contributed by atoms with Crippen molar-refractivity contribution >= 4 is 22.6 Å². The lowest BCUT2D eigenvalue weighted by Gasteiger charge is -2.28. The van der Waals surface area contributed by atoms with Gasteiger partial charge in [-0.1, -0.05) is 35.9 Å². The van der Waals surface area contributed by atoms with Gasteiger partial charge in [0, 0.05) is 30.2 Å². The van der Waals surface area contributed by atoms with Crippen molar-refractivity contribution in [2.24, 2.45) is 0 Å². The highest BCUT2D eigenvalue weighted by molar-refractivity contribution is 6.30. The molecule has 4 rings (SSSR count). The van der Waals surface area contributed by atoms with Gasteiger partial charge in [0.2, 0.25) is 0 Å². The van der Waals surface area contributed by atoms with Gasteiger partial charge in [0.1, 0.15) is 5.82 Å². The molecule has 136 valence electrons. The Balaban J connectivity index is 1.65. The number of para-hydroxylation sites is 2. The van der Waals surface area contributed by atoms with E-state index in [0.29, 0.717) is 18.1 Å². The van der Waals surface area contributed by atoms with Gasteiger partial charge < -0.3 is 14.4 Å². The van der Waals surface area contributed by atoms with E-state index in [9.17, 15) is 5.11 Å². The molecule has 1 saturated heterocycles. The predicted molar refractivity (Wildman–Crippen MR) is 103 cm³/mol. The fraction of sp³-hybridized carbons (Fsp3) is 0.350. The second-order valence-corrected chi connectivity index (χ2v) is 7.05. The van der Waals surface area contributed by atoms with Crippen molar-refractivity contribution in [3.05, 3.63) is 53.6 Å². The smallest absolute Gasteiger partial charge is 0.141 e. The summed E-state index contributed by atoms with van der Waals surface area (Å²) in [4.78, 5) is 7.03. The zero-order valence-corrected chi connectivity index (χ0v) is 15.3. The minimum Gasteiger partial charge on any atom is -0.390 e. The number of nitrogens with zero attached hydrogens (tertiary/aromatic N) is 3. The third-order valence-corrected chi connectivity index (χ3v) is 4.94. The van der Waals surface area contributed by atoms with E-state index in [2.05, 4.69) is 9.47 Å². The molecule has 2 heterocycles. The Hall–Kier alpha value is -1.92. The molecule has 1 aliphatic heterocycles. The zero-order valence-electron chi connectivity index (χ0n) is 14.5. The zero-order chi connectivity index (χ0) is 17.9. The summed E-state index contributed by atoms with van der Waals surface area (Å²) in [6.07, 6.45) is -0.483. The minimum absolute atomic E-state index is 0.483. The van der Waals surface area contributed by atoms with Gasteiger partial charge in [-0.05, 0) is 24.3 Å². The van der Waals surface area contributed by atoms with Gasteiger partial charge in [-0.2, -0.15) is 0 Å². The number of β-amino-alcohol motifs (C(OH)–C–C–N with tert-alkyl or cyclic N) is 1. The summed E-state index contributed by atoms with van der Waals surface area (Å²) in [5, 5.41) is 11.4. The number of hydrogen-bond donors (Lipinski definition) is 1. The van der Waals surface area contributed by atoms with E-state index >= 15 is 0 Å². The predicted octanol–water partition coefficient (Wildman–Crippen LogP) is 3.05. The quantitative estimate of drug-likeness (QED) is 0.749. The van der Waals surface area contributed by atoms with E-state index in [4.69, 9.17) is 21.3 Å². The van der Waals surface area contributed by atoms with Crippen LogP contribution in [0.4, 0.5) is 0 Å². The van der Waals surface area contributed by atoms with Crippen LogP contribution < -0.4 is 0 Å². The van der Waals surface area contributed by atoms with Crippen LogP contribution in [0.2, 0.25) is 5.02 Å². The first-order valence-electron chi connectivity index (χ1n) is 8.90. The van der Waals surface area contributed by atoms with E-state index in [0.717, 1.165) is 48.7 Å². The van der Waals surface area contributed by atoms with E-state index in [1.807, 2.05) is 48.5 Å². The maximum Gasteiger partial charge on any atom is 0.141 e. The molecule has 6 heteroatoms. The molecular weight excluding hydrogens is 350 g/mol. The molecule has 1 fully saturated rings. The van der Waals surface area contributed by atoms with Crippen LogP contribution in [0, 0.1) is 0 Å². The van der Waals surface area contributed by atoms with Gasteiger partial charge >= 0.3 is 0 Å². The molecule has 0 unspecified atom stereocenters. The molecule has 2 aromatic carbocycles. The van der Waals surface area contributed by atoms with Crippen LogP contribution in [0.3, 0.4) is 0 Å². The molecule has 0 bridgehead atoms. The monoisotopic (exact) mass is 371 g/mol. The first kappa shape index (κ1) is 17.5. The molecule has 5 nitrogen and oxygen atoms in total. The van der Waals surface area contributed by atoms with Crippen LogP contribution in [-0.2, 0) is 11.3 Å². The third-order valence-electron chi connectivity index (χ3n) is 4.70. The summed E-state index contributed by atoms with van der Waals surface area (Å²) in [6, 6.07) is 15.7. The maximum atomic E-state index is 10.7. The van der Waals surface area contributed by atoms with Crippen molar-refractivity contribution in [2.45, 2.75) is 12.6 Å². The van der Waals surface area contributed by atoms with Gasteiger partial charge in [0.25, 0.3) is 0 Å². The van der Waals surface area contributed by atoms with Crippen LogP contribution in [0.15, 0.2) is 48.5 Å². The van der Waals surface area contributed by atoms with E-state index in [-0.39, 0.29) is 0 Å². The lowest BCUT2D eigenvalue weighted by molar-refractivity contribution is 0.0118. The summed E-state index contributed by atoms with van der Waals surface area (Å²) in [5.74, 6) is 0.828. The molecule has 1 N–H and O–H groups in total. The lowest BCUT2D eigenvalue weighted by atomic mass is 10.2. The second kappa shape index (κ2) is 7.76. The first-order chi connectivity index (χ1) is 12.7. The molecule has 0 amide bonds. The van der Waals surface area contributed by atoms with Gasteiger partial charge in [-0.25, -0.2) is 4.98 Å².